The number of hydrogen-bond acceptors (Lipinski definition) is 2. The molecule has 0 saturated heterocycles. The second-order valence-electron chi connectivity index (χ2n) is 8.86. The van der Waals surface area contributed by atoms with Gasteiger partial charge in [0.25, 0.3) is 11.8 Å². The summed E-state index contributed by atoms with van der Waals surface area (Å²) in [4.78, 5) is 30.8. The average molecular weight is 483 g/mol. The van der Waals surface area contributed by atoms with Crippen LogP contribution in [0.15, 0.2) is 103 Å². The number of carbonyl (C=O) groups excluding carboxylic acids is 2. The fourth-order valence-corrected chi connectivity index (χ4v) is 4.83. The van der Waals surface area contributed by atoms with Gasteiger partial charge < -0.3 is 9.80 Å². The SMILES string of the molecule is C[C@@H]1C[C@H](N(C(=O)c2ccc(F)cc2)c2ccccc2)c2ccccc2N1C(=O)c1ccc(F)cc1. The highest BCUT2D eigenvalue weighted by molar-refractivity contribution is 6.09. The number of amides is 2. The molecule has 0 aromatic heterocycles. The molecular weight excluding hydrogens is 458 g/mol. The van der Waals surface area contributed by atoms with Crippen molar-refractivity contribution in [3.63, 3.8) is 0 Å². The molecular formula is C30H24F2N2O2. The van der Waals surface area contributed by atoms with Gasteiger partial charge in [-0.25, -0.2) is 8.78 Å². The molecule has 1 aliphatic rings. The van der Waals surface area contributed by atoms with Gasteiger partial charge >= 0.3 is 0 Å². The van der Waals surface area contributed by atoms with E-state index in [0.29, 0.717) is 28.9 Å². The van der Waals surface area contributed by atoms with Crippen LogP contribution in [-0.4, -0.2) is 17.9 Å². The predicted octanol–water partition coefficient (Wildman–Crippen LogP) is 6.79. The highest BCUT2D eigenvalue weighted by Gasteiger charge is 2.39. The Balaban J connectivity index is 1.60. The first-order valence-corrected chi connectivity index (χ1v) is 11.8. The molecule has 0 spiro atoms. The third kappa shape index (κ3) is 4.38. The number of anilines is 2. The Morgan fingerprint density at radius 1 is 0.750 bits per heavy atom. The molecule has 5 rings (SSSR count). The first-order chi connectivity index (χ1) is 17.4. The van der Waals surface area contributed by atoms with Crippen LogP contribution in [0, 0.1) is 11.6 Å². The van der Waals surface area contributed by atoms with E-state index in [9.17, 15) is 18.4 Å². The number of hydrogen-bond donors (Lipinski definition) is 0. The van der Waals surface area contributed by atoms with Gasteiger partial charge in [0.2, 0.25) is 0 Å². The summed E-state index contributed by atoms with van der Waals surface area (Å²) in [5.74, 6) is -1.31. The number of para-hydroxylation sites is 2. The van der Waals surface area contributed by atoms with Crippen LogP contribution in [-0.2, 0) is 0 Å². The summed E-state index contributed by atoms with van der Waals surface area (Å²) in [7, 11) is 0. The van der Waals surface area contributed by atoms with E-state index in [1.165, 1.54) is 48.5 Å². The van der Waals surface area contributed by atoms with E-state index in [2.05, 4.69) is 0 Å². The van der Waals surface area contributed by atoms with Gasteiger partial charge in [0.15, 0.2) is 0 Å². The van der Waals surface area contributed by atoms with Crippen molar-refractivity contribution in [3.05, 3.63) is 131 Å². The van der Waals surface area contributed by atoms with E-state index in [1.807, 2.05) is 61.5 Å². The summed E-state index contributed by atoms with van der Waals surface area (Å²) >= 11 is 0. The Morgan fingerprint density at radius 2 is 1.31 bits per heavy atom. The van der Waals surface area contributed by atoms with Crippen molar-refractivity contribution in [2.45, 2.75) is 25.4 Å². The summed E-state index contributed by atoms with van der Waals surface area (Å²) in [5, 5.41) is 0. The molecule has 2 atom stereocenters. The Morgan fingerprint density at radius 3 is 1.94 bits per heavy atom. The van der Waals surface area contributed by atoms with Gasteiger partial charge in [0.1, 0.15) is 11.6 Å². The molecule has 0 aliphatic carbocycles. The summed E-state index contributed by atoms with van der Waals surface area (Å²) < 4.78 is 27.0. The van der Waals surface area contributed by atoms with Crippen molar-refractivity contribution >= 4 is 23.2 Å². The number of halogens is 2. The molecule has 0 bridgehead atoms. The van der Waals surface area contributed by atoms with E-state index in [1.54, 1.807) is 9.80 Å². The van der Waals surface area contributed by atoms with Crippen LogP contribution < -0.4 is 9.80 Å². The first-order valence-electron chi connectivity index (χ1n) is 11.8. The molecule has 1 aliphatic heterocycles. The normalized spacial score (nSPS) is 16.8. The number of rotatable bonds is 4. The Kier molecular flexibility index (Phi) is 6.34. The molecule has 180 valence electrons. The third-order valence-electron chi connectivity index (χ3n) is 6.53. The standard InChI is InChI=1S/C30H24F2N2O2/c1-20-19-28(34(25-7-3-2-4-8-25)30(36)22-13-17-24(32)18-14-22)26-9-5-6-10-27(26)33(20)29(35)21-11-15-23(31)16-12-21/h2-18,20,28H,19H2,1H3/t20-,28+/m1/s1. The average Bonchev–Trinajstić information content (AvgIpc) is 2.90. The summed E-state index contributed by atoms with van der Waals surface area (Å²) in [6, 6.07) is 27.3. The zero-order valence-electron chi connectivity index (χ0n) is 19.6. The summed E-state index contributed by atoms with van der Waals surface area (Å²) in [6.07, 6.45) is 0.478. The summed E-state index contributed by atoms with van der Waals surface area (Å²) in [5.41, 5.74) is 2.99. The molecule has 0 fully saturated rings. The fourth-order valence-electron chi connectivity index (χ4n) is 4.83. The van der Waals surface area contributed by atoms with Crippen molar-refractivity contribution in [1.82, 2.24) is 0 Å². The van der Waals surface area contributed by atoms with Crippen LogP contribution >= 0.6 is 0 Å². The van der Waals surface area contributed by atoms with E-state index >= 15 is 0 Å². The number of nitrogens with zero attached hydrogens (tertiary/aromatic N) is 2. The molecule has 1 heterocycles. The molecule has 6 heteroatoms. The van der Waals surface area contributed by atoms with E-state index in [-0.39, 0.29) is 23.9 Å². The molecule has 0 N–H and O–H groups in total. The Bertz CT molecular complexity index is 1390. The lowest BCUT2D eigenvalue weighted by molar-refractivity contribution is 0.0965. The topological polar surface area (TPSA) is 40.6 Å². The van der Waals surface area contributed by atoms with Crippen molar-refractivity contribution in [3.8, 4) is 0 Å². The number of benzene rings is 4. The highest BCUT2D eigenvalue weighted by atomic mass is 19.1. The van der Waals surface area contributed by atoms with Crippen LogP contribution in [0.1, 0.15) is 45.7 Å². The van der Waals surface area contributed by atoms with Crippen molar-refractivity contribution < 1.29 is 18.4 Å². The molecule has 4 aromatic carbocycles. The van der Waals surface area contributed by atoms with Gasteiger partial charge in [0, 0.05) is 28.5 Å². The maximum absolute atomic E-state index is 13.8. The lowest BCUT2D eigenvalue weighted by atomic mass is 9.89. The smallest absolute Gasteiger partial charge is 0.258 e. The van der Waals surface area contributed by atoms with E-state index in [0.717, 1.165) is 5.56 Å². The van der Waals surface area contributed by atoms with Crippen LogP contribution in [0.3, 0.4) is 0 Å². The number of fused-ring (bicyclic) bond motifs is 1. The fraction of sp³-hybridized carbons (Fsp3) is 0.133. The first kappa shape index (κ1) is 23.4. The quantitative estimate of drug-likeness (QED) is 0.321. The lowest BCUT2D eigenvalue weighted by Crippen LogP contribution is -2.47. The van der Waals surface area contributed by atoms with Crippen molar-refractivity contribution in [2.24, 2.45) is 0 Å². The summed E-state index contributed by atoms with van der Waals surface area (Å²) in [6.45, 7) is 1.94. The van der Waals surface area contributed by atoms with Gasteiger partial charge in [-0.15, -0.1) is 0 Å². The molecule has 0 unspecified atom stereocenters. The van der Waals surface area contributed by atoms with E-state index < -0.39 is 11.6 Å². The molecule has 36 heavy (non-hydrogen) atoms. The van der Waals surface area contributed by atoms with Crippen LogP contribution in [0.5, 0.6) is 0 Å². The Hall–Kier alpha value is -4.32. The minimum atomic E-state index is -0.413. The van der Waals surface area contributed by atoms with Crippen LogP contribution in [0.4, 0.5) is 20.2 Å². The number of carbonyl (C=O) groups is 2. The second kappa shape index (κ2) is 9.74. The minimum Gasteiger partial charge on any atom is -0.305 e. The second-order valence-corrected chi connectivity index (χ2v) is 8.86. The minimum absolute atomic E-state index is 0.232. The van der Waals surface area contributed by atoms with Gasteiger partial charge in [0.05, 0.1) is 6.04 Å². The molecule has 0 radical (unpaired) electrons. The van der Waals surface area contributed by atoms with Gasteiger partial charge in [-0.1, -0.05) is 36.4 Å². The van der Waals surface area contributed by atoms with Crippen molar-refractivity contribution in [2.75, 3.05) is 9.80 Å². The lowest BCUT2D eigenvalue weighted by Gasteiger charge is -2.43. The zero-order chi connectivity index (χ0) is 25.2. The molecule has 2 amide bonds. The van der Waals surface area contributed by atoms with Gasteiger partial charge in [-0.2, -0.15) is 0 Å². The van der Waals surface area contributed by atoms with Crippen molar-refractivity contribution in [1.29, 1.82) is 0 Å². The van der Waals surface area contributed by atoms with E-state index in [4.69, 9.17) is 0 Å². The molecule has 0 saturated carbocycles. The molecule has 4 aromatic rings. The maximum atomic E-state index is 13.8. The van der Waals surface area contributed by atoms with Gasteiger partial charge in [-0.3, -0.25) is 9.59 Å². The largest absolute Gasteiger partial charge is 0.305 e. The van der Waals surface area contributed by atoms with Crippen LogP contribution in [0.2, 0.25) is 0 Å². The Labute approximate surface area is 208 Å². The third-order valence-corrected chi connectivity index (χ3v) is 6.53. The predicted molar refractivity (Wildman–Crippen MR) is 136 cm³/mol. The van der Waals surface area contributed by atoms with Crippen LogP contribution in [0.25, 0.3) is 0 Å². The molecule has 4 nitrogen and oxygen atoms in total. The zero-order valence-corrected chi connectivity index (χ0v) is 19.6. The van der Waals surface area contributed by atoms with Gasteiger partial charge in [-0.05, 0) is 85.6 Å². The monoisotopic (exact) mass is 482 g/mol. The maximum Gasteiger partial charge on any atom is 0.258 e. The highest BCUT2D eigenvalue weighted by Crippen LogP contribution is 2.43.